The van der Waals surface area contributed by atoms with Gasteiger partial charge in [-0.15, -0.1) is 0 Å². The second kappa shape index (κ2) is 7.87. The first kappa shape index (κ1) is 15.7. The van der Waals surface area contributed by atoms with Crippen molar-refractivity contribution in [3.05, 3.63) is 89.9 Å². The first-order valence-corrected chi connectivity index (χ1v) is 7.73. The van der Waals surface area contributed by atoms with Gasteiger partial charge in [0.05, 0.1) is 12.4 Å². The maximum atomic E-state index is 12.2. The second-order valence-electron chi connectivity index (χ2n) is 5.30. The summed E-state index contributed by atoms with van der Waals surface area (Å²) in [4.78, 5) is 20.6. The Kier molecular flexibility index (Phi) is 5.14. The Hall–Kier alpha value is -3.21. The van der Waals surface area contributed by atoms with Gasteiger partial charge >= 0.3 is 0 Å². The minimum Gasteiger partial charge on any atom is -0.365 e. The zero-order valence-corrected chi connectivity index (χ0v) is 13.1. The third-order valence-electron chi connectivity index (χ3n) is 3.48. The number of carbonyl (C=O) groups is 1. The second-order valence-corrected chi connectivity index (χ2v) is 5.30. The van der Waals surface area contributed by atoms with E-state index in [1.807, 2.05) is 60.7 Å². The molecular formula is C19H18N4O. The van der Waals surface area contributed by atoms with Gasteiger partial charge in [0.15, 0.2) is 0 Å². The van der Waals surface area contributed by atoms with E-state index in [-0.39, 0.29) is 5.91 Å². The van der Waals surface area contributed by atoms with Gasteiger partial charge in [-0.05, 0) is 11.1 Å². The summed E-state index contributed by atoms with van der Waals surface area (Å²) in [5.41, 5.74) is 2.47. The van der Waals surface area contributed by atoms with Crippen LogP contribution in [0.5, 0.6) is 0 Å². The summed E-state index contributed by atoms with van der Waals surface area (Å²) in [7, 11) is 0. The smallest absolute Gasteiger partial charge is 0.271 e. The van der Waals surface area contributed by atoms with Crippen LogP contribution in [0.3, 0.4) is 0 Å². The maximum Gasteiger partial charge on any atom is 0.271 e. The molecule has 3 rings (SSSR count). The minimum atomic E-state index is -0.241. The minimum absolute atomic E-state index is 0.241. The van der Waals surface area contributed by atoms with Gasteiger partial charge in [-0.2, -0.15) is 0 Å². The third-order valence-corrected chi connectivity index (χ3v) is 3.48. The number of aromatic nitrogens is 2. The number of nitrogens with zero attached hydrogens (tertiary/aromatic N) is 2. The highest BCUT2D eigenvalue weighted by Gasteiger charge is 2.08. The monoisotopic (exact) mass is 318 g/mol. The molecule has 24 heavy (non-hydrogen) atoms. The number of nitrogens with one attached hydrogen (secondary N) is 2. The first-order valence-electron chi connectivity index (χ1n) is 7.73. The number of carbonyl (C=O) groups excluding carboxylic acids is 1. The van der Waals surface area contributed by atoms with Crippen LogP contribution in [0, 0.1) is 0 Å². The van der Waals surface area contributed by atoms with Gasteiger partial charge in [-0.1, -0.05) is 60.7 Å². The lowest BCUT2D eigenvalue weighted by molar-refractivity contribution is 0.0945. The van der Waals surface area contributed by atoms with Gasteiger partial charge in [-0.25, -0.2) is 4.98 Å². The zero-order chi connectivity index (χ0) is 16.6. The number of hydrogen-bond acceptors (Lipinski definition) is 4. The van der Waals surface area contributed by atoms with Crippen LogP contribution in [0.2, 0.25) is 0 Å². The van der Waals surface area contributed by atoms with Crippen molar-refractivity contribution in [3.63, 3.8) is 0 Å². The highest BCUT2D eigenvalue weighted by molar-refractivity contribution is 5.92. The Balaban J connectivity index is 1.59. The van der Waals surface area contributed by atoms with Crippen LogP contribution < -0.4 is 10.6 Å². The van der Waals surface area contributed by atoms with Crippen molar-refractivity contribution < 1.29 is 4.79 Å². The van der Waals surface area contributed by atoms with Crippen molar-refractivity contribution in [1.29, 1.82) is 0 Å². The molecule has 0 fully saturated rings. The normalized spacial score (nSPS) is 10.2. The molecule has 0 atom stereocenters. The van der Waals surface area contributed by atoms with Crippen LogP contribution in [0.15, 0.2) is 73.1 Å². The molecule has 120 valence electrons. The van der Waals surface area contributed by atoms with E-state index in [0.29, 0.717) is 24.6 Å². The molecule has 0 bridgehead atoms. The van der Waals surface area contributed by atoms with Crippen LogP contribution in [-0.2, 0) is 13.1 Å². The molecule has 5 heteroatoms. The fraction of sp³-hybridized carbons (Fsp3) is 0.105. The molecule has 0 saturated heterocycles. The summed E-state index contributed by atoms with van der Waals surface area (Å²) in [5, 5.41) is 6.02. The molecule has 5 nitrogen and oxygen atoms in total. The van der Waals surface area contributed by atoms with E-state index in [1.54, 1.807) is 6.20 Å². The molecule has 0 aliphatic heterocycles. The van der Waals surface area contributed by atoms with E-state index in [1.165, 1.54) is 6.20 Å². The van der Waals surface area contributed by atoms with Gasteiger partial charge in [-0.3, -0.25) is 9.78 Å². The van der Waals surface area contributed by atoms with Crippen molar-refractivity contribution in [1.82, 2.24) is 15.3 Å². The summed E-state index contributed by atoms with van der Waals surface area (Å²) in [5.74, 6) is 0.334. The van der Waals surface area contributed by atoms with Crippen LogP contribution in [0.1, 0.15) is 21.6 Å². The van der Waals surface area contributed by atoms with E-state index in [0.717, 1.165) is 11.1 Å². The molecule has 0 unspecified atom stereocenters. The zero-order valence-electron chi connectivity index (χ0n) is 13.1. The highest BCUT2D eigenvalue weighted by atomic mass is 16.1. The molecule has 2 N–H and O–H groups in total. The summed E-state index contributed by atoms with van der Waals surface area (Å²) < 4.78 is 0. The first-order chi connectivity index (χ1) is 11.8. The van der Waals surface area contributed by atoms with Crippen molar-refractivity contribution in [2.24, 2.45) is 0 Å². The SMILES string of the molecule is O=C(NCc1ccccc1)c1cncc(NCc2ccccc2)n1. The van der Waals surface area contributed by atoms with Gasteiger partial charge in [0.2, 0.25) is 0 Å². The Morgan fingerprint density at radius 3 is 2.12 bits per heavy atom. The summed E-state index contributed by atoms with van der Waals surface area (Å²) in [6.07, 6.45) is 3.07. The van der Waals surface area contributed by atoms with Crippen molar-refractivity contribution in [2.45, 2.75) is 13.1 Å². The molecular weight excluding hydrogens is 300 g/mol. The molecule has 0 aliphatic carbocycles. The van der Waals surface area contributed by atoms with E-state index < -0.39 is 0 Å². The number of hydrogen-bond donors (Lipinski definition) is 2. The van der Waals surface area contributed by atoms with Crippen molar-refractivity contribution >= 4 is 11.7 Å². The molecule has 2 aromatic carbocycles. The summed E-state index contributed by atoms with van der Waals surface area (Å²) in [6.45, 7) is 1.09. The Morgan fingerprint density at radius 2 is 1.46 bits per heavy atom. The Bertz CT molecular complexity index is 791. The van der Waals surface area contributed by atoms with E-state index in [2.05, 4.69) is 20.6 Å². The van der Waals surface area contributed by atoms with Gasteiger partial charge in [0, 0.05) is 13.1 Å². The lowest BCUT2D eigenvalue weighted by atomic mass is 10.2. The third kappa shape index (κ3) is 4.39. The lowest BCUT2D eigenvalue weighted by Crippen LogP contribution is -2.24. The average Bonchev–Trinajstić information content (AvgIpc) is 2.66. The molecule has 0 aliphatic rings. The maximum absolute atomic E-state index is 12.2. The number of benzene rings is 2. The lowest BCUT2D eigenvalue weighted by Gasteiger charge is -2.08. The van der Waals surface area contributed by atoms with Crippen LogP contribution in [0.4, 0.5) is 5.82 Å². The number of amides is 1. The van der Waals surface area contributed by atoms with Crippen molar-refractivity contribution in [2.75, 3.05) is 5.32 Å². The number of rotatable bonds is 6. The van der Waals surface area contributed by atoms with Gasteiger partial charge < -0.3 is 10.6 Å². The molecule has 3 aromatic rings. The molecule has 0 saturated carbocycles. The van der Waals surface area contributed by atoms with Crippen LogP contribution in [0.25, 0.3) is 0 Å². The van der Waals surface area contributed by atoms with E-state index in [9.17, 15) is 4.79 Å². The highest BCUT2D eigenvalue weighted by Crippen LogP contribution is 2.06. The molecule has 0 spiro atoms. The predicted molar refractivity (Wildman–Crippen MR) is 93.4 cm³/mol. The molecule has 0 radical (unpaired) electrons. The fourth-order valence-electron chi connectivity index (χ4n) is 2.22. The quantitative estimate of drug-likeness (QED) is 0.733. The molecule has 1 aromatic heterocycles. The van der Waals surface area contributed by atoms with E-state index >= 15 is 0 Å². The largest absolute Gasteiger partial charge is 0.365 e. The Labute approximate surface area is 140 Å². The van der Waals surface area contributed by atoms with Gasteiger partial charge in [0.25, 0.3) is 5.91 Å². The molecule has 1 amide bonds. The van der Waals surface area contributed by atoms with Crippen LogP contribution >= 0.6 is 0 Å². The van der Waals surface area contributed by atoms with Gasteiger partial charge in [0.1, 0.15) is 11.5 Å². The average molecular weight is 318 g/mol. The van der Waals surface area contributed by atoms with E-state index in [4.69, 9.17) is 0 Å². The standard InChI is InChI=1S/C19H18N4O/c24-19(22-12-16-9-5-2-6-10-16)17-13-20-14-18(23-17)21-11-15-7-3-1-4-8-15/h1-10,13-14H,11-12H2,(H,21,23)(H,22,24). The predicted octanol–water partition coefficient (Wildman–Crippen LogP) is 3.02. The number of anilines is 1. The Morgan fingerprint density at radius 1 is 0.833 bits per heavy atom. The molecule has 1 heterocycles. The summed E-state index contributed by atoms with van der Waals surface area (Å²) >= 11 is 0. The van der Waals surface area contributed by atoms with Crippen LogP contribution in [-0.4, -0.2) is 15.9 Å². The van der Waals surface area contributed by atoms with Crippen molar-refractivity contribution in [3.8, 4) is 0 Å². The topological polar surface area (TPSA) is 66.9 Å². The fourth-order valence-corrected chi connectivity index (χ4v) is 2.22. The summed E-state index contributed by atoms with van der Waals surface area (Å²) in [6, 6.07) is 19.7.